The summed E-state index contributed by atoms with van der Waals surface area (Å²) >= 11 is 3.03. The van der Waals surface area contributed by atoms with Gasteiger partial charge in [0.05, 0.1) is 35.4 Å². The number of aliphatic hydroxyl groups excluding tert-OH is 1. The van der Waals surface area contributed by atoms with Gasteiger partial charge >= 0.3 is 0 Å². The van der Waals surface area contributed by atoms with E-state index in [9.17, 15) is 4.79 Å². The van der Waals surface area contributed by atoms with Crippen LogP contribution in [0.25, 0.3) is 0 Å². The summed E-state index contributed by atoms with van der Waals surface area (Å²) in [5.41, 5.74) is 1.99. The summed E-state index contributed by atoms with van der Waals surface area (Å²) in [6.07, 6.45) is 3.83. The van der Waals surface area contributed by atoms with Crippen LogP contribution >= 0.6 is 35.5 Å². The Morgan fingerprint density at radius 3 is 2.58 bits per heavy atom. The predicted octanol–water partition coefficient (Wildman–Crippen LogP) is 4.97. The van der Waals surface area contributed by atoms with Crippen LogP contribution in [0.3, 0.4) is 0 Å². The first kappa shape index (κ1) is 27.3. The molecule has 3 rings (SSSR count). The van der Waals surface area contributed by atoms with Gasteiger partial charge in [-0.2, -0.15) is 0 Å². The summed E-state index contributed by atoms with van der Waals surface area (Å²) in [7, 11) is 0. The minimum atomic E-state index is -0.0994. The van der Waals surface area contributed by atoms with Gasteiger partial charge in [-0.25, -0.2) is 9.97 Å². The van der Waals surface area contributed by atoms with E-state index in [0.717, 1.165) is 21.1 Å². The number of carbonyl (C=O) groups is 1. The minimum Gasteiger partial charge on any atom is -0.444 e. The lowest BCUT2D eigenvalue weighted by atomic mass is 9.94. The number of hydrogen-bond acceptors (Lipinski definition) is 8. The third-order valence-electron chi connectivity index (χ3n) is 4.77. The molecule has 0 bridgehead atoms. The van der Waals surface area contributed by atoms with Gasteiger partial charge in [0, 0.05) is 18.0 Å². The largest absolute Gasteiger partial charge is 0.444 e. The normalized spacial score (nSPS) is 12.3. The number of anilines is 1. The summed E-state index contributed by atoms with van der Waals surface area (Å²) in [5, 5.41) is 15.6. The number of thiazole rings is 1. The van der Waals surface area contributed by atoms with Crippen LogP contribution in [0, 0.1) is 0 Å². The summed E-state index contributed by atoms with van der Waals surface area (Å²) in [6.45, 7) is 8.98. The highest BCUT2D eigenvalue weighted by Gasteiger charge is 2.19. The molecule has 0 aliphatic carbocycles. The molecule has 33 heavy (non-hydrogen) atoms. The fourth-order valence-corrected chi connectivity index (χ4v) is 4.65. The van der Waals surface area contributed by atoms with Crippen LogP contribution in [0.4, 0.5) is 5.13 Å². The van der Waals surface area contributed by atoms with Crippen molar-refractivity contribution in [1.82, 2.24) is 15.3 Å². The molecule has 0 saturated heterocycles. The van der Waals surface area contributed by atoms with Crippen molar-refractivity contribution in [3.05, 3.63) is 59.4 Å². The molecule has 0 saturated carbocycles. The van der Waals surface area contributed by atoms with Gasteiger partial charge < -0.3 is 20.2 Å². The quantitative estimate of drug-likeness (QED) is 0.331. The maximum Gasteiger partial charge on any atom is 0.230 e. The van der Waals surface area contributed by atoms with Gasteiger partial charge in [0.25, 0.3) is 0 Å². The number of nitrogens with zero attached hydrogens (tertiary/aromatic N) is 2. The molecule has 7 nitrogen and oxygen atoms in total. The van der Waals surface area contributed by atoms with Crippen molar-refractivity contribution in [1.29, 1.82) is 0 Å². The van der Waals surface area contributed by atoms with Crippen LogP contribution in [0.2, 0.25) is 0 Å². The smallest absolute Gasteiger partial charge is 0.230 e. The number of hydrogen-bond donors (Lipinski definition) is 3. The van der Waals surface area contributed by atoms with E-state index in [1.54, 1.807) is 24.2 Å². The van der Waals surface area contributed by atoms with E-state index in [2.05, 4.69) is 41.4 Å². The maximum absolute atomic E-state index is 12.4. The molecule has 10 heteroatoms. The molecule has 180 valence electrons. The van der Waals surface area contributed by atoms with Crippen molar-refractivity contribution in [3.63, 3.8) is 0 Å². The molecule has 0 radical (unpaired) electrons. The Morgan fingerprint density at radius 2 is 1.94 bits per heavy atom. The van der Waals surface area contributed by atoms with Crippen molar-refractivity contribution in [3.8, 4) is 0 Å². The number of oxazole rings is 1. The molecule has 0 aliphatic rings. The van der Waals surface area contributed by atoms with Crippen LogP contribution in [0.15, 0.2) is 45.3 Å². The summed E-state index contributed by atoms with van der Waals surface area (Å²) in [6, 6.07) is 8.06. The Morgan fingerprint density at radius 1 is 1.21 bits per heavy atom. The average molecular weight is 511 g/mol. The highest BCUT2D eigenvalue weighted by atomic mass is 35.5. The van der Waals surface area contributed by atoms with Crippen LogP contribution < -0.4 is 10.6 Å². The van der Waals surface area contributed by atoms with E-state index in [1.165, 1.54) is 11.3 Å². The van der Waals surface area contributed by atoms with Gasteiger partial charge in [0.1, 0.15) is 5.76 Å². The molecule has 0 aliphatic heterocycles. The lowest BCUT2D eigenvalue weighted by Crippen LogP contribution is -2.22. The van der Waals surface area contributed by atoms with Gasteiger partial charge in [0.15, 0.2) is 5.13 Å². The number of aromatic nitrogens is 2. The Labute approximate surface area is 209 Å². The first-order valence-electron chi connectivity index (χ1n) is 10.5. The lowest BCUT2D eigenvalue weighted by Gasteiger charge is -2.13. The second-order valence-electron chi connectivity index (χ2n) is 8.51. The zero-order chi connectivity index (χ0) is 23.1. The molecule has 0 spiro atoms. The molecular weight excluding hydrogens is 480 g/mol. The SMILES string of the molecule is CC(NCCO)c1ccc(CC(=O)Nc2ncc(SCc3ncc(C(C)(C)C)o3)s2)cc1.Cl. The molecule has 3 N–H and O–H groups in total. The zero-order valence-corrected chi connectivity index (χ0v) is 21.7. The van der Waals surface area contributed by atoms with E-state index in [-0.39, 0.29) is 42.8 Å². The molecule has 0 fully saturated rings. The van der Waals surface area contributed by atoms with Gasteiger partial charge in [-0.1, -0.05) is 56.4 Å². The Bertz CT molecular complexity index is 1020. The lowest BCUT2D eigenvalue weighted by molar-refractivity contribution is -0.115. The number of carbonyl (C=O) groups excluding carboxylic acids is 1. The van der Waals surface area contributed by atoms with Gasteiger partial charge in [-0.15, -0.1) is 24.2 Å². The van der Waals surface area contributed by atoms with Crippen molar-refractivity contribution >= 4 is 46.5 Å². The first-order valence-corrected chi connectivity index (χ1v) is 12.3. The third kappa shape index (κ3) is 8.42. The van der Waals surface area contributed by atoms with E-state index in [4.69, 9.17) is 9.52 Å². The summed E-state index contributed by atoms with van der Waals surface area (Å²) in [4.78, 5) is 21.1. The second-order valence-corrected chi connectivity index (χ2v) is 10.8. The highest BCUT2D eigenvalue weighted by molar-refractivity contribution is 8.00. The monoisotopic (exact) mass is 510 g/mol. The number of halogens is 1. The Hall–Kier alpha value is -1.91. The Balaban J connectivity index is 0.00000385. The number of benzene rings is 1. The van der Waals surface area contributed by atoms with Crippen LogP contribution in [0.1, 0.15) is 56.5 Å². The molecule has 1 unspecified atom stereocenters. The number of aliphatic hydroxyl groups is 1. The van der Waals surface area contributed by atoms with Gasteiger partial charge in [0.2, 0.25) is 11.8 Å². The van der Waals surface area contributed by atoms with Crippen LogP contribution in [-0.4, -0.2) is 34.1 Å². The standard InChI is InChI=1S/C23H30N4O3S2.ClH/c1-15(24-9-10-28)17-7-5-16(6-8-17)11-19(29)27-22-26-13-21(32-22)31-14-20-25-12-18(30-20)23(2,3)4;/h5-8,12-13,15,24,28H,9-11,14H2,1-4H3,(H,26,27,29);1H. The first-order chi connectivity index (χ1) is 15.2. The molecule has 2 aromatic heterocycles. The van der Waals surface area contributed by atoms with E-state index < -0.39 is 0 Å². The van der Waals surface area contributed by atoms with Crippen LogP contribution in [0.5, 0.6) is 0 Å². The average Bonchev–Trinajstić information content (AvgIpc) is 3.40. The van der Waals surface area contributed by atoms with Crippen LogP contribution in [-0.2, 0) is 22.4 Å². The number of thioether (sulfide) groups is 1. The van der Waals surface area contributed by atoms with Gasteiger partial charge in [-0.05, 0) is 18.1 Å². The van der Waals surface area contributed by atoms with E-state index in [0.29, 0.717) is 23.3 Å². The topological polar surface area (TPSA) is 100 Å². The highest BCUT2D eigenvalue weighted by Crippen LogP contribution is 2.31. The molecule has 3 aromatic rings. The summed E-state index contributed by atoms with van der Waals surface area (Å²) < 4.78 is 6.81. The molecular formula is C23H31ClN4O3S2. The number of amides is 1. The summed E-state index contributed by atoms with van der Waals surface area (Å²) in [5.74, 6) is 2.07. The van der Waals surface area contributed by atoms with E-state index in [1.807, 2.05) is 31.2 Å². The third-order valence-corrected chi connectivity index (χ3v) is 6.86. The molecule has 1 aromatic carbocycles. The van der Waals surface area contributed by atoms with Crippen molar-refractivity contribution in [2.75, 3.05) is 18.5 Å². The maximum atomic E-state index is 12.4. The van der Waals surface area contributed by atoms with Crippen molar-refractivity contribution < 1.29 is 14.3 Å². The van der Waals surface area contributed by atoms with Crippen molar-refractivity contribution in [2.45, 2.75) is 55.5 Å². The van der Waals surface area contributed by atoms with Crippen molar-refractivity contribution in [2.24, 2.45) is 0 Å². The molecule has 2 heterocycles. The van der Waals surface area contributed by atoms with E-state index >= 15 is 0 Å². The molecule has 1 amide bonds. The Kier molecular flexibility index (Phi) is 10.4. The number of nitrogens with one attached hydrogen (secondary N) is 2. The van der Waals surface area contributed by atoms with Gasteiger partial charge in [-0.3, -0.25) is 4.79 Å². The second kappa shape index (κ2) is 12.5. The fourth-order valence-electron chi connectivity index (χ4n) is 2.91. The number of rotatable bonds is 10. The minimum absolute atomic E-state index is 0. The fraction of sp³-hybridized carbons (Fsp3) is 0.435. The molecule has 1 atom stereocenters. The predicted molar refractivity (Wildman–Crippen MR) is 136 cm³/mol. The zero-order valence-electron chi connectivity index (χ0n) is 19.3.